The van der Waals surface area contributed by atoms with E-state index in [1.807, 2.05) is 42.3 Å². The van der Waals surface area contributed by atoms with Gasteiger partial charge in [-0.2, -0.15) is 0 Å². The molecule has 0 aromatic carbocycles. The zero-order chi connectivity index (χ0) is 18.4. The Morgan fingerprint density at radius 1 is 0.696 bits per heavy atom. The van der Waals surface area contributed by atoms with Crippen LogP contribution < -0.4 is 0 Å². The van der Waals surface area contributed by atoms with Gasteiger partial charge in [-0.3, -0.25) is 0 Å². The van der Waals surface area contributed by atoms with Crippen LogP contribution in [0.3, 0.4) is 0 Å². The molecule has 0 aliphatic carbocycles. The van der Waals surface area contributed by atoms with Crippen LogP contribution in [0.4, 0.5) is 0 Å². The van der Waals surface area contributed by atoms with Gasteiger partial charge in [-0.15, -0.1) is 0 Å². The third kappa shape index (κ3) is 11.0. The van der Waals surface area contributed by atoms with Crippen LogP contribution in [0, 0.1) is 0 Å². The Bertz CT molecular complexity index is 308. The summed E-state index contributed by atoms with van der Waals surface area (Å²) in [6.45, 7) is 0.684. The fourth-order valence-electron chi connectivity index (χ4n) is 3.01. The minimum Gasteiger partial charge on any atom is -0.396 e. The number of likely N-dealkylation sites (N-methyl/N-ethyl adjacent to an activating group) is 2. The monoisotopic (exact) mass is 338 g/mol. The summed E-state index contributed by atoms with van der Waals surface area (Å²) in [5.41, 5.74) is -2.30. The van der Waals surface area contributed by atoms with Crippen LogP contribution in [-0.4, -0.2) is 122 Å². The molecule has 2 unspecified atom stereocenters. The highest BCUT2D eigenvalue weighted by atomic mass is 16.5. The van der Waals surface area contributed by atoms with Crippen molar-refractivity contribution in [3.8, 4) is 0 Å². The van der Waals surface area contributed by atoms with Gasteiger partial charge in [0.1, 0.15) is 24.3 Å². The van der Waals surface area contributed by atoms with Crippen molar-refractivity contribution in [1.82, 2.24) is 0 Å². The van der Waals surface area contributed by atoms with Gasteiger partial charge < -0.3 is 34.1 Å². The lowest BCUT2D eigenvalue weighted by Crippen LogP contribution is -2.55. The summed E-state index contributed by atoms with van der Waals surface area (Å²) in [5, 5.41) is 39.7. The van der Waals surface area contributed by atoms with Crippen LogP contribution in [0.2, 0.25) is 0 Å². The van der Waals surface area contributed by atoms with Crippen LogP contribution in [0.25, 0.3) is 0 Å². The zero-order valence-electron chi connectivity index (χ0n) is 15.7. The molecule has 0 saturated carbocycles. The van der Waals surface area contributed by atoms with Gasteiger partial charge in [0, 0.05) is 26.1 Å². The SMILES string of the molecule is C[N+](C)(C)CC(O)(CCO)COCC(O)(CCO)C[N+](C)(C)C. The molecular weight excluding hydrogens is 300 g/mol. The molecule has 7 nitrogen and oxygen atoms in total. The molecule has 7 heteroatoms. The molecule has 23 heavy (non-hydrogen) atoms. The first-order valence-electron chi connectivity index (χ1n) is 8.09. The number of aliphatic hydroxyl groups excluding tert-OH is 2. The smallest absolute Gasteiger partial charge is 0.139 e. The third-order valence-corrected chi connectivity index (χ3v) is 3.43. The van der Waals surface area contributed by atoms with Crippen molar-refractivity contribution in [1.29, 1.82) is 0 Å². The van der Waals surface area contributed by atoms with Gasteiger partial charge in [0.05, 0.1) is 55.5 Å². The van der Waals surface area contributed by atoms with Crippen LogP contribution in [0.5, 0.6) is 0 Å². The predicted molar refractivity (Wildman–Crippen MR) is 89.9 cm³/mol. The van der Waals surface area contributed by atoms with Crippen molar-refractivity contribution >= 4 is 0 Å². The van der Waals surface area contributed by atoms with E-state index in [2.05, 4.69) is 0 Å². The standard InChI is InChI=1S/C16H38N2O5/c1-17(2,3)11-15(21,7-9-19)13-23-14-16(22,8-10-20)12-18(4,5)6/h19-22H,7-14H2,1-6H3/q+2. The molecule has 0 spiro atoms. The second-order valence-electron chi connectivity index (χ2n) is 8.79. The van der Waals surface area contributed by atoms with E-state index in [9.17, 15) is 20.4 Å². The lowest BCUT2D eigenvalue weighted by atomic mass is 9.98. The summed E-state index contributed by atoms with van der Waals surface area (Å²) < 4.78 is 6.70. The molecule has 0 rings (SSSR count). The van der Waals surface area contributed by atoms with E-state index in [0.717, 1.165) is 0 Å². The topological polar surface area (TPSA) is 90.2 Å². The summed E-state index contributed by atoms with van der Waals surface area (Å²) in [6, 6.07) is 0. The van der Waals surface area contributed by atoms with Gasteiger partial charge in [-0.25, -0.2) is 0 Å². The van der Waals surface area contributed by atoms with E-state index in [-0.39, 0.29) is 39.3 Å². The van der Waals surface area contributed by atoms with E-state index in [0.29, 0.717) is 22.1 Å². The number of quaternary nitrogens is 2. The second-order valence-corrected chi connectivity index (χ2v) is 8.79. The molecule has 0 radical (unpaired) electrons. The lowest BCUT2D eigenvalue weighted by Gasteiger charge is -2.37. The highest BCUT2D eigenvalue weighted by Crippen LogP contribution is 2.19. The van der Waals surface area contributed by atoms with Crippen molar-refractivity contribution < 1.29 is 34.1 Å². The first-order valence-corrected chi connectivity index (χ1v) is 8.09. The average Bonchev–Trinajstić information content (AvgIpc) is 2.23. The van der Waals surface area contributed by atoms with E-state index in [1.54, 1.807) is 0 Å². The summed E-state index contributed by atoms with van der Waals surface area (Å²) in [6.07, 6.45) is 0.437. The maximum atomic E-state index is 10.7. The fraction of sp³-hybridized carbons (Fsp3) is 1.00. The minimum absolute atomic E-state index is 0.0357. The maximum Gasteiger partial charge on any atom is 0.139 e. The Balaban J connectivity index is 4.76. The van der Waals surface area contributed by atoms with Crippen molar-refractivity contribution in [2.24, 2.45) is 0 Å². The van der Waals surface area contributed by atoms with E-state index in [4.69, 9.17) is 4.74 Å². The zero-order valence-corrected chi connectivity index (χ0v) is 15.7. The Kier molecular flexibility index (Phi) is 8.60. The van der Waals surface area contributed by atoms with E-state index < -0.39 is 11.2 Å². The van der Waals surface area contributed by atoms with Crippen molar-refractivity contribution in [2.75, 3.05) is 81.8 Å². The van der Waals surface area contributed by atoms with Crippen molar-refractivity contribution in [3.05, 3.63) is 0 Å². The number of hydrogen-bond donors (Lipinski definition) is 4. The molecule has 0 aromatic rings. The summed E-state index contributed by atoms with van der Waals surface area (Å²) in [5.74, 6) is 0. The largest absolute Gasteiger partial charge is 0.396 e. The Hall–Kier alpha value is -0.280. The van der Waals surface area contributed by atoms with Crippen molar-refractivity contribution in [3.63, 3.8) is 0 Å². The van der Waals surface area contributed by atoms with E-state index >= 15 is 0 Å². The van der Waals surface area contributed by atoms with Crippen molar-refractivity contribution in [2.45, 2.75) is 24.0 Å². The molecule has 4 N–H and O–H groups in total. The molecule has 0 fully saturated rings. The van der Waals surface area contributed by atoms with Crippen LogP contribution >= 0.6 is 0 Å². The van der Waals surface area contributed by atoms with Gasteiger partial charge in [0.2, 0.25) is 0 Å². The molecule has 0 saturated heterocycles. The quantitative estimate of drug-likeness (QED) is 0.330. The molecule has 0 aliphatic rings. The molecule has 0 aromatic heterocycles. The molecule has 0 amide bonds. The summed E-state index contributed by atoms with van der Waals surface area (Å²) >= 11 is 0. The molecule has 2 atom stereocenters. The van der Waals surface area contributed by atoms with Crippen LogP contribution in [-0.2, 0) is 4.74 Å². The summed E-state index contributed by atoms with van der Waals surface area (Å²) in [4.78, 5) is 0. The number of nitrogens with zero attached hydrogens (tertiary/aromatic N) is 2. The molecule has 0 bridgehead atoms. The van der Waals surface area contributed by atoms with Gasteiger partial charge in [-0.1, -0.05) is 0 Å². The first-order chi connectivity index (χ1) is 10.2. The highest BCUT2D eigenvalue weighted by molar-refractivity contribution is 4.81. The Morgan fingerprint density at radius 3 is 1.22 bits per heavy atom. The third-order valence-electron chi connectivity index (χ3n) is 3.43. The lowest BCUT2D eigenvalue weighted by molar-refractivity contribution is -0.878. The van der Waals surface area contributed by atoms with Gasteiger partial charge >= 0.3 is 0 Å². The maximum absolute atomic E-state index is 10.7. The highest BCUT2D eigenvalue weighted by Gasteiger charge is 2.37. The van der Waals surface area contributed by atoms with Gasteiger partial charge in [0.25, 0.3) is 0 Å². The first kappa shape index (κ1) is 22.7. The number of ether oxygens (including phenoxy) is 1. The number of rotatable bonds is 12. The fourth-order valence-corrected chi connectivity index (χ4v) is 3.01. The van der Waals surface area contributed by atoms with Gasteiger partial charge in [0.15, 0.2) is 0 Å². The molecule has 0 heterocycles. The normalized spacial score (nSPS) is 18.5. The number of aliphatic hydroxyl groups is 4. The average molecular weight is 338 g/mol. The van der Waals surface area contributed by atoms with Crippen LogP contribution in [0.15, 0.2) is 0 Å². The summed E-state index contributed by atoms with van der Waals surface area (Å²) in [7, 11) is 11.8. The Labute approximate surface area is 140 Å². The number of hydrogen-bond acceptors (Lipinski definition) is 5. The van der Waals surface area contributed by atoms with Crippen LogP contribution in [0.1, 0.15) is 12.8 Å². The molecular formula is C16H38N2O5+2. The Morgan fingerprint density at radius 2 is 1.00 bits per heavy atom. The second kappa shape index (κ2) is 8.71. The molecule has 140 valence electrons. The minimum atomic E-state index is -1.15. The van der Waals surface area contributed by atoms with Gasteiger partial charge in [-0.05, 0) is 0 Å². The predicted octanol–water partition coefficient (Wildman–Crippen LogP) is -1.36. The molecule has 0 aliphatic heterocycles. The van der Waals surface area contributed by atoms with E-state index in [1.165, 1.54) is 0 Å².